The summed E-state index contributed by atoms with van der Waals surface area (Å²) in [4.78, 5) is 27.8. The zero-order chi connectivity index (χ0) is 16.4. The van der Waals surface area contributed by atoms with Crippen LogP contribution < -0.4 is 9.47 Å². The highest BCUT2D eigenvalue weighted by Gasteiger charge is 2.20. The molecule has 3 rings (SSSR count). The number of rotatable bonds is 3. The lowest BCUT2D eigenvalue weighted by Crippen LogP contribution is -2.13. The van der Waals surface area contributed by atoms with Crippen molar-refractivity contribution in [2.75, 3.05) is 7.11 Å². The Labute approximate surface area is 134 Å². The number of aromatic nitrogens is 1. The molecule has 5 heteroatoms. The quantitative estimate of drug-likeness (QED) is 0.643. The molecule has 0 amide bonds. The molecule has 5 nitrogen and oxygen atoms in total. The summed E-state index contributed by atoms with van der Waals surface area (Å²) in [7, 11) is 1.57. The molecule has 0 radical (unpaired) electrons. The summed E-state index contributed by atoms with van der Waals surface area (Å²) in [5.74, 6) is 0.806. The topological polar surface area (TPSA) is 65.5 Å². The van der Waals surface area contributed by atoms with Crippen LogP contribution in [0.5, 0.6) is 11.5 Å². The van der Waals surface area contributed by atoms with E-state index in [0.29, 0.717) is 34.7 Å². The summed E-state index contributed by atoms with van der Waals surface area (Å²) in [5, 5.41) is 0. The third-order valence-electron chi connectivity index (χ3n) is 3.81. The molecule has 1 heterocycles. The first-order valence-corrected chi connectivity index (χ1v) is 7.48. The van der Waals surface area contributed by atoms with Gasteiger partial charge in [-0.25, -0.2) is 0 Å². The van der Waals surface area contributed by atoms with E-state index in [1.54, 1.807) is 37.4 Å². The van der Waals surface area contributed by atoms with Crippen molar-refractivity contribution < 1.29 is 19.1 Å². The Balaban J connectivity index is 2.09. The molecular formula is C18H17NO4. The van der Waals surface area contributed by atoms with Crippen molar-refractivity contribution in [2.45, 2.75) is 26.2 Å². The van der Waals surface area contributed by atoms with Crippen LogP contribution in [0, 0.1) is 0 Å². The van der Waals surface area contributed by atoms with Crippen molar-refractivity contribution in [3.63, 3.8) is 0 Å². The fourth-order valence-corrected chi connectivity index (χ4v) is 2.73. The lowest BCUT2D eigenvalue weighted by Gasteiger charge is -2.16. The number of carbonyl (C=O) groups is 2. The second-order valence-corrected chi connectivity index (χ2v) is 5.42. The molecule has 1 aliphatic carbocycles. The molecule has 0 bridgehead atoms. The van der Waals surface area contributed by atoms with Gasteiger partial charge in [-0.2, -0.15) is 0 Å². The average molecular weight is 311 g/mol. The molecule has 0 saturated carbocycles. The molecule has 0 spiro atoms. The van der Waals surface area contributed by atoms with Crippen LogP contribution in [0.1, 0.15) is 35.8 Å². The predicted molar refractivity (Wildman–Crippen MR) is 84.8 cm³/mol. The van der Waals surface area contributed by atoms with E-state index in [1.807, 2.05) is 0 Å². The van der Waals surface area contributed by atoms with E-state index in [-0.39, 0.29) is 5.78 Å². The van der Waals surface area contributed by atoms with E-state index < -0.39 is 5.97 Å². The van der Waals surface area contributed by atoms with E-state index >= 15 is 0 Å². The van der Waals surface area contributed by atoms with Gasteiger partial charge in [0, 0.05) is 24.5 Å². The van der Waals surface area contributed by atoms with Crippen molar-refractivity contribution in [3.8, 4) is 22.8 Å². The summed E-state index contributed by atoms with van der Waals surface area (Å²) in [6.07, 6.45) is 2.17. The van der Waals surface area contributed by atoms with Gasteiger partial charge in [-0.3, -0.25) is 14.6 Å². The van der Waals surface area contributed by atoms with Crippen LogP contribution in [-0.2, 0) is 11.2 Å². The van der Waals surface area contributed by atoms with Gasteiger partial charge in [0.25, 0.3) is 0 Å². The summed E-state index contributed by atoms with van der Waals surface area (Å²) in [6, 6.07) is 8.77. The number of hydrogen-bond donors (Lipinski definition) is 0. The Kier molecular flexibility index (Phi) is 4.10. The number of carbonyl (C=O) groups excluding carboxylic acids is 2. The van der Waals surface area contributed by atoms with Crippen LogP contribution in [0.4, 0.5) is 0 Å². The van der Waals surface area contributed by atoms with Crippen LogP contribution in [0.2, 0.25) is 0 Å². The number of ether oxygens (including phenoxy) is 2. The molecule has 0 unspecified atom stereocenters. The molecular weight excluding hydrogens is 294 g/mol. The van der Waals surface area contributed by atoms with Crippen LogP contribution >= 0.6 is 0 Å². The van der Waals surface area contributed by atoms with Gasteiger partial charge in [0.1, 0.15) is 11.5 Å². The minimum Gasteiger partial charge on any atom is -0.497 e. The number of methoxy groups -OCH3 is 1. The van der Waals surface area contributed by atoms with Crippen molar-refractivity contribution in [1.29, 1.82) is 0 Å². The van der Waals surface area contributed by atoms with Crippen molar-refractivity contribution in [3.05, 3.63) is 41.6 Å². The minimum atomic E-state index is -0.399. The second kappa shape index (κ2) is 6.20. The van der Waals surface area contributed by atoms with Crippen LogP contribution in [0.15, 0.2) is 30.3 Å². The largest absolute Gasteiger partial charge is 0.497 e. The van der Waals surface area contributed by atoms with Gasteiger partial charge in [-0.15, -0.1) is 0 Å². The number of pyridine rings is 1. The van der Waals surface area contributed by atoms with Crippen molar-refractivity contribution in [1.82, 2.24) is 4.98 Å². The fourth-order valence-electron chi connectivity index (χ4n) is 2.73. The van der Waals surface area contributed by atoms with Gasteiger partial charge < -0.3 is 9.47 Å². The highest BCUT2D eigenvalue weighted by molar-refractivity contribution is 5.98. The molecule has 23 heavy (non-hydrogen) atoms. The van der Waals surface area contributed by atoms with Crippen molar-refractivity contribution in [2.24, 2.45) is 0 Å². The lowest BCUT2D eigenvalue weighted by atomic mass is 9.94. The highest BCUT2D eigenvalue weighted by Crippen LogP contribution is 2.34. The minimum absolute atomic E-state index is 0.135. The first kappa shape index (κ1) is 15.2. The van der Waals surface area contributed by atoms with Gasteiger partial charge in [0.2, 0.25) is 0 Å². The number of Topliss-reactive ketones (excluding diaryl/α,β-unsaturated/α-hetero) is 1. The third-order valence-corrected chi connectivity index (χ3v) is 3.81. The Morgan fingerprint density at radius 2 is 1.96 bits per heavy atom. The Bertz CT molecular complexity index is 783. The summed E-state index contributed by atoms with van der Waals surface area (Å²) in [5.41, 5.74) is 2.82. The molecule has 1 aromatic heterocycles. The Morgan fingerprint density at radius 3 is 2.70 bits per heavy atom. The van der Waals surface area contributed by atoms with E-state index in [4.69, 9.17) is 9.47 Å². The Morgan fingerprint density at radius 1 is 1.13 bits per heavy atom. The SMILES string of the molecule is COc1ccc(OC(C)=O)c(-c2ccc3c(n2)CCCC3=O)c1. The average Bonchev–Trinajstić information content (AvgIpc) is 2.54. The van der Waals surface area contributed by atoms with Gasteiger partial charge >= 0.3 is 5.97 Å². The Hall–Kier alpha value is -2.69. The molecule has 0 N–H and O–H groups in total. The zero-order valence-corrected chi connectivity index (χ0v) is 13.1. The summed E-state index contributed by atoms with van der Waals surface area (Å²) >= 11 is 0. The second-order valence-electron chi connectivity index (χ2n) is 5.42. The van der Waals surface area contributed by atoms with E-state index in [2.05, 4.69) is 4.98 Å². The molecule has 1 aliphatic rings. The van der Waals surface area contributed by atoms with E-state index in [0.717, 1.165) is 18.5 Å². The fraction of sp³-hybridized carbons (Fsp3) is 0.278. The molecule has 0 aliphatic heterocycles. The zero-order valence-electron chi connectivity index (χ0n) is 13.1. The van der Waals surface area contributed by atoms with Crippen LogP contribution in [-0.4, -0.2) is 23.8 Å². The molecule has 0 atom stereocenters. The lowest BCUT2D eigenvalue weighted by molar-refractivity contribution is -0.131. The molecule has 118 valence electrons. The van der Waals surface area contributed by atoms with Gasteiger partial charge in [-0.05, 0) is 43.2 Å². The number of fused-ring (bicyclic) bond motifs is 1. The maximum atomic E-state index is 11.9. The van der Waals surface area contributed by atoms with Gasteiger partial charge in [0.05, 0.1) is 18.5 Å². The predicted octanol–water partition coefficient (Wildman–Crippen LogP) is 3.20. The van der Waals surface area contributed by atoms with Crippen LogP contribution in [0.25, 0.3) is 11.3 Å². The monoisotopic (exact) mass is 311 g/mol. The molecule has 0 fully saturated rings. The highest BCUT2D eigenvalue weighted by atomic mass is 16.5. The maximum absolute atomic E-state index is 11.9. The standard InChI is InChI=1S/C18H17NO4/c1-11(20)23-18-9-6-12(22-2)10-14(18)16-8-7-13-15(19-16)4-3-5-17(13)21/h6-10H,3-5H2,1-2H3. The summed E-state index contributed by atoms with van der Waals surface area (Å²) < 4.78 is 10.5. The number of hydrogen-bond acceptors (Lipinski definition) is 5. The van der Waals surface area contributed by atoms with Crippen molar-refractivity contribution >= 4 is 11.8 Å². The molecule has 0 saturated heterocycles. The number of benzene rings is 1. The first-order chi connectivity index (χ1) is 11.1. The molecule has 1 aromatic carbocycles. The van der Waals surface area contributed by atoms with Gasteiger partial charge in [0.15, 0.2) is 5.78 Å². The number of nitrogens with zero attached hydrogens (tertiary/aromatic N) is 1. The maximum Gasteiger partial charge on any atom is 0.308 e. The number of esters is 1. The normalized spacial score (nSPS) is 13.4. The molecule has 2 aromatic rings. The van der Waals surface area contributed by atoms with Gasteiger partial charge in [-0.1, -0.05) is 0 Å². The third kappa shape index (κ3) is 3.08. The number of aryl methyl sites for hydroxylation is 1. The van der Waals surface area contributed by atoms with Crippen LogP contribution in [0.3, 0.4) is 0 Å². The first-order valence-electron chi connectivity index (χ1n) is 7.48. The summed E-state index contributed by atoms with van der Waals surface area (Å²) in [6.45, 7) is 1.35. The van der Waals surface area contributed by atoms with E-state index in [9.17, 15) is 9.59 Å². The van der Waals surface area contributed by atoms with E-state index in [1.165, 1.54) is 6.92 Å². The smallest absolute Gasteiger partial charge is 0.308 e. The number of ketones is 1.